The molecule has 0 saturated carbocycles. The highest BCUT2D eigenvalue weighted by Crippen LogP contribution is 2.52. The summed E-state index contributed by atoms with van der Waals surface area (Å²) < 4.78 is 5.69. The van der Waals surface area contributed by atoms with Crippen LogP contribution in [0.2, 0.25) is 0 Å². The van der Waals surface area contributed by atoms with Crippen molar-refractivity contribution in [3.8, 4) is 6.07 Å². The number of hydrogen-bond donors (Lipinski definition) is 2. The summed E-state index contributed by atoms with van der Waals surface area (Å²) in [4.78, 5) is 12.7. The number of ether oxygens (including phenoxy) is 1. The molecule has 1 amide bonds. The molecule has 0 radical (unpaired) electrons. The van der Waals surface area contributed by atoms with E-state index in [1.165, 1.54) is 0 Å². The molecular weight excluding hydrogens is 280 g/mol. The number of aliphatic hydroxyl groups excluding tert-OH is 1. The maximum atomic E-state index is 12.7. The van der Waals surface area contributed by atoms with Crippen LogP contribution in [0.3, 0.4) is 0 Å². The van der Waals surface area contributed by atoms with E-state index in [9.17, 15) is 15.2 Å². The fourth-order valence-corrected chi connectivity index (χ4v) is 3.70. The van der Waals surface area contributed by atoms with E-state index in [2.05, 4.69) is 5.32 Å². The molecule has 1 aromatic rings. The van der Waals surface area contributed by atoms with Crippen LogP contribution in [-0.4, -0.2) is 11.0 Å². The molecule has 0 bridgehead atoms. The van der Waals surface area contributed by atoms with Gasteiger partial charge in [0.1, 0.15) is 11.6 Å². The number of benzene rings is 1. The molecule has 1 atom stereocenters. The molecule has 1 aromatic carbocycles. The first-order valence-electron chi connectivity index (χ1n) is 7.34. The number of rotatable bonds is 0. The Balaban J connectivity index is 2.01. The molecule has 0 unspecified atom stereocenters. The zero-order valence-corrected chi connectivity index (χ0v) is 11.8. The fourth-order valence-electron chi connectivity index (χ4n) is 3.70. The van der Waals surface area contributed by atoms with E-state index in [-0.39, 0.29) is 11.5 Å². The van der Waals surface area contributed by atoms with Gasteiger partial charge in [0.15, 0.2) is 0 Å². The molecule has 2 N–H and O–H groups in total. The van der Waals surface area contributed by atoms with Crippen LogP contribution in [0.4, 0.5) is 5.69 Å². The molecule has 2 heterocycles. The standard InChI is InChI=1S/C17H14N2O3/c18-9-11-10-5-1-2-6-12(10)17(22-15(11)20)13-7-3-4-8-14(13)19-16(17)21/h3-4,7-8,20H,1-2,5-6H2,(H,19,21)/t17-/m0/s1. The van der Waals surface area contributed by atoms with Gasteiger partial charge in [-0.15, -0.1) is 0 Å². The predicted octanol–water partition coefficient (Wildman–Crippen LogP) is 3.03. The number of carbonyl (C=O) groups is 1. The number of amides is 1. The van der Waals surface area contributed by atoms with Crippen LogP contribution in [0.1, 0.15) is 31.2 Å². The Morgan fingerprint density at radius 3 is 2.86 bits per heavy atom. The van der Waals surface area contributed by atoms with Crippen LogP contribution in [0.25, 0.3) is 0 Å². The van der Waals surface area contributed by atoms with Gasteiger partial charge in [0.05, 0.1) is 0 Å². The number of nitriles is 1. The van der Waals surface area contributed by atoms with E-state index in [0.29, 0.717) is 24.1 Å². The third-order valence-electron chi connectivity index (χ3n) is 4.64. The van der Waals surface area contributed by atoms with E-state index in [1.807, 2.05) is 30.3 Å². The minimum atomic E-state index is -1.32. The van der Waals surface area contributed by atoms with E-state index in [0.717, 1.165) is 24.0 Å². The van der Waals surface area contributed by atoms with E-state index in [4.69, 9.17) is 4.74 Å². The van der Waals surface area contributed by atoms with Gasteiger partial charge in [-0.25, -0.2) is 0 Å². The number of hydrogen-bond acceptors (Lipinski definition) is 4. The summed E-state index contributed by atoms with van der Waals surface area (Å²) in [6, 6.07) is 9.34. The predicted molar refractivity (Wildman–Crippen MR) is 78.6 cm³/mol. The second kappa shape index (κ2) is 4.38. The lowest BCUT2D eigenvalue weighted by molar-refractivity contribution is -0.137. The molecule has 22 heavy (non-hydrogen) atoms. The van der Waals surface area contributed by atoms with Crippen LogP contribution in [0, 0.1) is 11.3 Å². The SMILES string of the molecule is N#CC1=C(O)O[C@@]2(C(=O)Nc3ccccc32)C2=C1CCCC2. The van der Waals surface area contributed by atoms with Crippen molar-refractivity contribution >= 4 is 11.6 Å². The average Bonchev–Trinajstić information content (AvgIpc) is 2.81. The van der Waals surface area contributed by atoms with E-state index in [1.54, 1.807) is 0 Å². The molecule has 0 aromatic heterocycles. The van der Waals surface area contributed by atoms with Gasteiger partial charge in [-0.05, 0) is 42.9 Å². The lowest BCUT2D eigenvalue weighted by Gasteiger charge is -2.38. The summed E-state index contributed by atoms with van der Waals surface area (Å²) in [6.07, 6.45) is 3.26. The quantitative estimate of drug-likeness (QED) is 0.770. The van der Waals surface area contributed by atoms with Gasteiger partial charge in [-0.1, -0.05) is 18.2 Å². The van der Waals surface area contributed by atoms with Gasteiger partial charge in [0.2, 0.25) is 5.60 Å². The number of aliphatic hydroxyl groups is 1. The molecule has 110 valence electrons. The summed E-state index contributed by atoms with van der Waals surface area (Å²) >= 11 is 0. The van der Waals surface area contributed by atoms with Crippen molar-refractivity contribution in [2.75, 3.05) is 5.32 Å². The highest BCUT2D eigenvalue weighted by Gasteiger charge is 2.56. The number of fused-ring (bicyclic) bond motifs is 3. The largest absolute Gasteiger partial charge is 0.480 e. The number of nitrogens with one attached hydrogen (secondary N) is 1. The molecule has 5 nitrogen and oxygen atoms in total. The molecule has 1 spiro atoms. The van der Waals surface area contributed by atoms with E-state index < -0.39 is 11.5 Å². The van der Waals surface area contributed by atoms with Crippen LogP contribution in [-0.2, 0) is 15.1 Å². The highest BCUT2D eigenvalue weighted by molar-refractivity contribution is 6.08. The smallest absolute Gasteiger partial charge is 0.297 e. The second-order valence-corrected chi connectivity index (χ2v) is 5.74. The minimum Gasteiger partial charge on any atom is -0.480 e. The van der Waals surface area contributed by atoms with Crippen LogP contribution < -0.4 is 5.32 Å². The summed E-state index contributed by atoms with van der Waals surface area (Å²) in [5, 5.41) is 22.3. The Hall–Kier alpha value is -2.74. The third kappa shape index (κ3) is 1.44. The summed E-state index contributed by atoms with van der Waals surface area (Å²) in [5.41, 5.74) is 1.82. The van der Waals surface area contributed by atoms with Crippen molar-refractivity contribution in [3.05, 3.63) is 52.5 Å². The Morgan fingerprint density at radius 2 is 2.05 bits per heavy atom. The van der Waals surface area contributed by atoms with Crippen LogP contribution >= 0.6 is 0 Å². The van der Waals surface area contributed by atoms with Crippen molar-refractivity contribution in [1.29, 1.82) is 5.26 Å². The molecule has 0 fully saturated rings. The second-order valence-electron chi connectivity index (χ2n) is 5.74. The van der Waals surface area contributed by atoms with Crippen molar-refractivity contribution in [3.63, 3.8) is 0 Å². The molecule has 1 aliphatic carbocycles. The average molecular weight is 294 g/mol. The first-order valence-corrected chi connectivity index (χ1v) is 7.34. The fraction of sp³-hybridized carbons (Fsp3) is 0.294. The van der Waals surface area contributed by atoms with Crippen molar-refractivity contribution in [2.24, 2.45) is 0 Å². The highest BCUT2D eigenvalue weighted by atomic mass is 16.6. The summed E-state index contributed by atoms with van der Waals surface area (Å²) in [7, 11) is 0. The summed E-state index contributed by atoms with van der Waals surface area (Å²) in [5.74, 6) is -0.748. The minimum absolute atomic E-state index is 0.164. The first-order chi connectivity index (χ1) is 10.7. The van der Waals surface area contributed by atoms with Crippen molar-refractivity contribution in [2.45, 2.75) is 31.3 Å². The number of anilines is 1. The van der Waals surface area contributed by atoms with Crippen molar-refractivity contribution in [1.82, 2.24) is 0 Å². The molecule has 3 aliphatic rings. The normalized spacial score (nSPS) is 26.2. The maximum Gasteiger partial charge on any atom is 0.297 e. The van der Waals surface area contributed by atoms with Gasteiger partial charge in [0.25, 0.3) is 11.9 Å². The van der Waals surface area contributed by atoms with Gasteiger partial charge in [0, 0.05) is 11.3 Å². The Labute approximate surface area is 127 Å². The molecule has 0 saturated heterocycles. The number of allylic oxidation sites excluding steroid dienone is 2. The van der Waals surface area contributed by atoms with Crippen molar-refractivity contribution < 1.29 is 14.6 Å². The van der Waals surface area contributed by atoms with Crippen LogP contribution in [0.15, 0.2) is 46.9 Å². The van der Waals surface area contributed by atoms with Gasteiger partial charge in [-0.3, -0.25) is 4.79 Å². The molecular formula is C17H14N2O3. The number of carbonyl (C=O) groups excluding carboxylic acids is 1. The zero-order valence-electron chi connectivity index (χ0n) is 11.8. The zero-order chi connectivity index (χ0) is 15.3. The monoisotopic (exact) mass is 294 g/mol. The van der Waals surface area contributed by atoms with E-state index >= 15 is 0 Å². The number of para-hydroxylation sites is 1. The first kappa shape index (κ1) is 13.0. The van der Waals surface area contributed by atoms with Crippen LogP contribution in [0.5, 0.6) is 0 Å². The molecule has 4 rings (SSSR count). The lowest BCUT2D eigenvalue weighted by atomic mass is 9.74. The molecule has 2 aliphatic heterocycles. The Kier molecular flexibility index (Phi) is 2.58. The van der Waals surface area contributed by atoms with Gasteiger partial charge in [-0.2, -0.15) is 5.26 Å². The molecule has 5 heteroatoms. The maximum absolute atomic E-state index is 12.7. The summed E-state index contributed by atoms with van der Waals surface area (Å²) in [6.45, 7) is 0. The van der Waals surface area contributed by atoms with Gasteiger partial charge < -0.3 is 15.2 Å². The lowest BCUT2D eigenvalue weighted by Crippen LogP contribution is -2.43. The topological polar surface area (TPSA) is 82.3 Å². The Bertz CT molecular complexity index is 800. The Morgan fingerprint density at radius 1 is 1.27 bits per heavy atom. The van der Waals surface area contributed by atoms with Gasteiger partial charge >= 0.3 is 0 Å². The third-order valence-corrected chi connectivity index (χ3v) is 4.64. The number of nitrogens with zero attached hydrogens (tertiary/aromatic N) is 1.